The van der Waals surface area contributed by atoms with Gasteiger partial charge in [0.05, 0.1) is 11.8 Å². The number of imidazole rings is 1. The fourth-order valence-corrected chi connectivity index (χ4v) is 2.64. The average molecular weight is 294 g/mol. The molecule has 0 unspecified atom stereocenters. The highest BCUT2D eigenvalue weighted by atomic mass is 28.3. The van der Waals surface area contributed by atoms with Crippen LogP contribution < -0.4 is 0 Å². The summed E-state index contributed by atoms with van der Waals surface area (Å²) in [5.41, 5.74) is 1.14. The lowest BCUT2D eigenvalue weighted by Gasteiger charge is -2.15. The standard InChI is InChI=1S/C14H19FN2O2Si/c1-20(2,3)5-4-19-10-17-9-16-13-7-11(8-18)6-12(15)14(13)17/h6-9H,4-5,10H2,1-3H3. The lowest BCUT2D eigenvalue weighted by atomic mass is 10.2. The minimum absolute atomic E-state index is 0.276. The highest BCUT2D eigenvalue weighted by Crippen LogP contribution is 2.19. The Bertz CT molecular complexity index is 619. The summed E-state index contributed by atoms with van der Waals surface area (Å²) in [6, 6.07) is 3.86. The summed E-state index contributed by atoms with van der Waals surface area (Å²) >= 11 is 0. The number of hydrogen-bond acceptors (Lipinski definition) is 3. The van der Waals surface area contributed by atoms with Crippen molar-refractivity contribution in [3.8, 4) is 0 Å². The molecule has 2 aromatic rings. The summed E-state index contributed by atoms with van der Waals surface area (Å²) in [5.74, 6) is -0.448. The smallest absolute Gasteiger partial charge is 0.150 e. The minimum Gasteiger partial charge on any atom is -0.361 e. The van der Waals surface area contributed by atoms with Crippen LogP contribution in [-0.2, 0) is 11.5 Å². The van der Waals surface area contributed by atoms with Crippen LogP contribution in [0.5, 0.6) is 0 Å². The first-order valence-corrected chi connectivity index (χ1v) is 10.3. The fraction of sp³-hybridized carbons (Fsp3) is 0.429. The van der Waals surface area contributed by atoms with Crippen molar-refractivity contribution in [1.29, 1.82) is 0 Å². The molecule has 6 heteroatoms. The van der Waals surface area contributed by atoms with E-state index in [0.717, 1.165) is 6.04 Å². The van der Waals surface area contributed by atoms with Gasteiger partial charge in [-0.25, -0.2) is 9.37 Å². The van der Waals surface area contributed by atoms with Crippen molar-refractivity contribution >= 4 is 25.4 Å². The van der Waals surface area contributed by atoms with Gasteiger partial charge in [-0.05, 0) is 18.2 Å². The van der Waals surface area contributed by atoms with Gasteiger partial charge in [0.1, 0.15) is 24.4 Å². The zero-order valence-electron chi connectivity index (χ0n) is 12.0. The number of rotatable bonds is 6. The van der Waals surface area contributed by atoms with E-state index in [0.29, 0.717) is 29.5 Å². The van der Waals surface area contributed by atoms with Gasteiger partial charge < -0.3 is 9.30 Å². The summed E-state index contributed by atoms with van der Waals surface area (Å²) in [6.45, 7) is 7.79. The topological polar surface area (TPSA) is 44.1 Å². The van der Waals surface area contributed by atoms with Gasteiger partial charge in [-0.1, -0.05) is 19.6 Å². The molecule has 0 radical (unpaired) electrons. The molecule has 0 spiro atoms. The molecule has 20 heavy (non-hydrogen) atoms. The Balaban J connectivity index is 2.10. The molecule has 2 rings (SSSR count). The molecular weight excluding hydrogens is 275 g/mol. The van der Waals surface area contributed by atoms with Crippen molar-refractivity contribution in [3.05, 3.63) is 29.8 Å². The van der Waals surface area contributed by atoms with Crippen LogP contribution in [0.4, 0.5) is 4.39 Å². The van der Waals surface area contributed by atoms with Crippen LogP contribution >= 0.6 is 0 Å². The Morgan fingerprint density at radius 2 is 2.15 bits per heavy atom. The number of aldehydes is 1. The molecule has 0 N–H and O–H groups in total. The second-order valence-corrected chi connectivity index (χ2v) is 11.7. The summed E-state index contributed by atoms with van der Waals surface area (Å²) < 4.78 is 21.2. The highest BCUT2D eigenvalue weighted by molar-refractivity contribution is 6.76. The molecular formula is C14H19FN2O2Si. The van der Waals surface area contributed by atoms with E-state index >= 15 is 0 Å². The summed E-state index contributed by atoms with van der Waals surface area (Å²) in [5, 5.41) is 0. The van der Waals surface area contributed by atoms with Crippen molar-refractivity contribution < 1.29 is 13.9 Å². The van der Waals surface area contributed by atoms with Crippen LogP contribution in [0, 0.1) is 5.82 Å². The van der Waals surface area contributed by atoms with E-state index in [2.05, 4.69) is 24.6 Å². The Hall–Kier alpha value is -1.53. The van der Waals surface area contributed by atoms with Gasteiger partial charge in [-0.3, -0.25) is 4.79 Å². The lowest BCUT2D eigenvalue weighted by molar-refractivity contribution is 0.0895. The maximum atomic E-state index is 14.0. The first-order chi connectivity index (χ1) is 9.40. The molecule has 4 nitrogen and oxygen atoms in total. The molecule has 0 fully saturated rings. The Morgan fingerprint density at radius 3 is 2.80 bits per heavy atom. The molecule has 0 atom stereocenters. The number of nitrogens with zero attached hydrogens (tertiary/aromatic N) is 2. The maximum absolute atomic E-state index is 14.0. The number of ether oxygens (including phenoxy) is 1. The molecule has 0 aliphatic carbocycles. The number of carbonyl (C=O) groups excluding carboxylic acids is 1. The largest absolute Gasteiger partial charge is 0.361 e. The molecule has 108 valence electrons. The minimum atomic E-state index is -1.12. The van der Waals surface area contributed by atoms with Crippen molar-refractivity contribution in [2.75, 3.05) is 6.61 Å². The molecule has 1 aromatic carbocycles. The van der Waals surface area contributed by atoms with Gasteiger partial charge in [0, 0.05) is 20.2 Å². The lowest BCUT2D eigenvalue weighted by Crippen LogP contribution is -2.22. The van der Waals surface area contributed by atoms with E-state index in [4.69, 9.17) is 4.74 Å². The number of benzene rings is 1. The SMILES string of the molecule is C[Si](C)(C)CCOCn1cnc2cc(C=O)cc(F)c21. The second kappa shape index (κ2) is 5.84. The molecule has 1 aromatic heterocycles. The van der Waals surface area contributed by atoms with E-state index in [1.165, 1.54) is 12.4 Å². The molecule has 0 amide bonds. The summed E-state index contributed by atoms with van der Waals surface area (Å²) in [7, 11) is -1.12. The van der Waals surface area contributed by atoms with E-state index in [1.807, 2.05) is 0 Å². The third-order valence-electron chi connectivity index (χ3n) is 3.05. The van der Waals surface area contributed by atoms with Crippen LogP contribution in [0.15, 0.2) is 18.5 Å². The number of aromatic nitrogens is 2. The van der Waals surface area contributed by atoms with Gasteiger partial charge in [0.15, 0.2) is 0 Å². The Labute approximate surface area is 118 Å². The third-order valence-corrected chi connectivity index (χ3v) is 4.76. The predicted octanol–water partition coefficient (Wildman–Crippen LogP) is 3.30. The van der Waals surface area contributed by atoms with Gasteiger partial charge in [0.2, 0.25) is 0 Å². The van der Waals surface area contributed by atoms with Gasteiger partial charge in [-0.2, -0.15) is 0 Å². The van der Waals surface area contributed by atoms with Crippen LogP contribution in [0.25, 0.3) is 11.0 Å². The van der Waals surface area contributed by atoms with Crippen LogP contribution in [0.2, 0.25) is 25.7 Å². The Kier molecular flexibility index (Phi) is 4.34. The molecule has 0 aliphatic rings. The maximum Gasteiger partial charge on any atom is 0.150 e. The number of fused-ring (bicyclic) bond motifs is 1. The average Bonchev–Trinajstić information content (AvgIpc) is 2.77. The zero-order valence-corrected chi connectivity index (χ0v) is 13.0. The van der Waals surface area contributed by atoms with Gasteiger partial charge >= 0.3 is 0 Å². The quantitative estimate of drug-likeness (QED) is 0.466. The van der Waals surface area contributed by atoms with Crippen LogP contribution in [0.3, 0.4) is 0 Å². The molecule has 0 bridgehead atoms. The second-order valence-electron chi connectivity index (χ2n) is 6.05. The fourth-order valence-electron chi connectivity index (χ4n) is 1.88. The molecule has 0 saturated heterocycles. The monoisotopic (exact) mass is 294 g/mol. The van der Waals surface area contributed by atoms with E-state index < -0.39 is 13.9 Å². The molecule has 1 heterocycles. The predicted molar refractivity (Wildman–Crippen MR) is 79.2 cm³/mol. The number of carbonyl (C=O) groups is 1. The van der Waals surface area contributed by atoms with E-state index in [9.17, 15) is 9.18 Å². The Morgan fingerprint density at radius 1 is 1.40 bits per heavy atom. The van der Waals surface area contributed by atoms with E-state index in [-0.39, 0.29) is 6.73 Å². The summed E-state index contributed by atoms with van der Waals surface area (Å²) in [4.78, 5) is 14.8. The normalized spacial score (nSPS) is 12.0. The van der Waals surface area contributed by atoms with Crippen molar-refractivity contribution in [3.63, 3.8) is 0 Å². The van der Waals surface area contributed by atoms with Crippen molar-refractivity contribution in [1.82, 2.24) is 9.55 Å². The first kappa shape index (κ1) is 14.9. The molecule has 0 saturated carbocycles. The summed E-state index contributed by atoms with van der Waals surface area (Å²) in [6.07, 6.45) is 2.16. The van der Waals surface area contributed by atoms with Gasteiger partial charge in [0.25, 0.3) is 0 Å². The van der Waals surface area contributed by atoms with E-state index in [1.54, 1.807) is 10.6 Å². The van der Waals surface area contributed by atoms with Crippen molar-refractivity contribution in [2.45, 2.75) is 32.4 Å². The molecule has 0 aliphatic heterocycles. The highest BCUT2D eigenvalue weighted by Gasteiger charge is 2.13. The number of hydrogen-bond donors (Lipinski definition) is 0. The first-order valence-electron chi connectivity index (χ1n) is 6.58. The zero-order chi connectivity index (χ0) is 14.8. The van der Waals surface area contributed by atoms with Gasteiger partial charge in [-0.15, -0.1) is 0 Å². The van der Waals surface area contributed by atoms with Crippen LogP contribution in [0.1, 0.15) is 10.4 Å². The van der Waals surface area contributed by atoms with Crippen molar-refractivity contribution in [2.24, 2.45) is 0 Å². The number of halogens is 1. The van der Waals surface area contributed by atoms with Crippen LogP contribution in [-0.4, -0.2) is 30.5 Å². The third kappa shape index (κ3) is 3.52.